The normalized spacial score (nSPS) is 19.9. The highest BCUT2D eigenvalue weighted by Crippen LogP contribution is 2.19. The Morgan fingerprint density at radius 1 is 1.40 bits per heavy atom. The van der Waals surface area contributed by atoms with E-state index >= 15 is 0 Å². The summed E-state index contributed by atoms with van der Waals surface area (Å²) in [5.74, 6) is 1.90. The fourth-order valence-corrected chi connectivity index (χ4v) is 2.90. The Balaban J connectivity index is 1.56. The molecule has 1 N–H and O–H groups in total. The lowest BCUT2D eigenvalue weighted by atomic mass is 10.1. The first kappa shape index (κ1) is 13.6. The lowest BCUT2D eigenvalue weighted by Gasteiger charge is -2.32. The average Bonchev–Trinajstić information content (AvgIpc) is 2.86. The Kier molecular flexibility index (Phi) is 4.32. The molecule has 0 spiro atoms. The zero-order valence-corrected chi connectivity index (χ0v) is 12.7. The number of furan rings is 1. The SMILES string of the molecule is Brc1ccc(CN2CCCC(Nc3ccncn3)C2)o1. The zero-order chi connectivity index (χ0) is 13.8. The molecule has 0 radical (unpaired) electrons. The van der Waals surface area contributed by atoms with Gasteiger partial charge in [0.25, 0.3) is 0 Å². The quantitative estimate of drug-likeness (QED) is 0.930. The molecule has 106 valence electrons. The Morgan fingerprint density at radius 2 is 2.35 bits per heavy atom. The van der Waals surface area contributed by atoms with Gasteiger partial charge in [-0.2, -0.15) is 0 Å². The van der Waals surface area contributed by atoms with Crippen LogP contribution in [-0.2, 0) is 6.54 Å². The highest BCUT2D eigenvalue weighted by atomic mass is 79.9. The number of likely N-dealkylation sites (tertiary alicyclic amines) is 1. The first-order valence-electron chi connectivity index (χ1n) is 6.79. The molecule has 0 aliphatic carbocycles. The molecule has 1 atom stereocenters. The van der Waals surface area contributed by atoms with Crippen molar-refractivity contribution in [2.45, 2.75) is 25.4 Å². The van der Waals surface area contributed by atoms with Crippen molar-refractivity contribution in [1.82, 2.24) is 14.9 Å². The van der Waals surface area contributed by atoms with Gasteiger partial charge in [0.2, 0.25) is 0 Å². The summed E-state index contributed by atoms with van der Waals surface area (Å²) in [4.78, 5) is 10.6. The van der Waals surface area contributed by atoms with Gasteiger partial charge < -0.3 is 9.73 Å². The average molecular weight is 337 g/mol. The zero-order valence-electron chi connectivity index (χ0n) is 11.1. The summed E-state index contributed by atoms with van der Waals surface area (Å²) in [6, 6.07) is 6.29. The minimum absolute atomic E-state index is 0.428. The van der Waals surface area contributed by atoms with Crippen molar-refractivity contribution in [3.8, 4) is 0 Å². The van der Waals surface area contributed by atoms with E-state index in [4.69, 9.17) is 4.42 Å². The van der Waals surface area contributed by atoms with Crippen LogP contribution in [0, 0.1) is 0 Å². The van der Waals surface area contributed by atoms with Gasteiger partial charge in [-0.3, -0.25) is 4.90 Å². The highest BCUT2D eigenvalue weighted by Gasteiger charge is 2.20. The van der Waals surface area contributed by atoms with Crippen LogP contribution >= 0.6 is 15.9 Å². The van der Waals surface area contributed by atoms with Crippen molar-refractivity contribution in [1.29, 1.82) is 0 Å². The van der Waals surface area contributed by atoms with Crippen molar-refractivity contribution in [2.75, 3.05) is 18.4 Å². The van der Waals surface area contributed by atoms with E-state index in [1.165, 1.54) is 12.8 Å². The molecule has 5 nitrogen and oxygen atoms in total. The predicted octanol–water partition coefficient (Wildman–Crippen LogP) is 2.91. The van der Waals surface area contributed by atoms with Crippen LogP contribution in [0.15, 0.2) is 39.8 Å². The minimum atomic E-state index is 0.428. The largest absolute Gasteiger partial charge is 0.453 e. The van der Waals surface area contributed by atoms with E-state index in [0.29, 0.717) is 6.04 Å². The highest BCUT2D eigenvalue weighted by molar-refractivity contribution is 9.10. The maximum atomic E-state index is 5.57. The molecular weight excluding hydrogens is 320 g/mol. The van der Waals surface area contributed by atoms with Gasteiger partial charge in [-0.15, -0.1) is 0 Å². The monoisotopic (exact) mass is 336 g/mol. The van der Waals surface area contributed by atoms with Gasteiger partial charge in [0.15, 0.2) is 4.67 Å². The van der Waals surface area contributed by atoms with Gasteiger partial charge in [0.1, 0.15) is 17.9 Å². The number of hydrogen-bond acceptors (Lipinski definition) is 5. The molecule has 0 bridgehead atoms. The Morgan fingerprint density at radius 3 is 3.10 bits per heavy atom. The third kappa shape index (κ3) is 3.58. The number of aromatic nitrogens is 2. The molecule has 6 heteroatoms. The Hall–Kier alpha value is -1.40. The number of rotatable bonds is 4. The number of piperidine rings is 1. The molecule has 3 heterocycles. The molecule has 2 aromatic heterocycles. The number of anilines is 1. The first-order valence-corrected chi connectivity index (χ1v) is 7.58. The van der Waals surface area contributed by atoms with E-state index in [1.807, 2.05) is 18.2 Å². The first-order chi connectivity index (χ1) is 9.79. The molecule has 0 amide bonds. The fraction of sp³-hybridized carbons (Fsp3) is 0.429. The third-order valence-corrected chi connectivity index (χ3v) is 3.87. The van der Waals surface area contributed by atoms with Crippen molar-refractivity contribution in [3.05, 3.63) is 41.2 Å². The fourth-order valence-electron chi connectivity index (χ4n) is 2.56. The van der Waals surface area contributed by atoms with Crippen LogP contribution in [-0.4, -0.2) is 34.0 Å². The lowest BCUT2D eigenvalue weighted by molar-refractivity contribution is 0.193. The standard InChI is InChI=1S/C14H17BrN4O/c15-13-4-3-12(20-13)9-19-7-1-2-11(8-19)18-14-5-6-16-10-17-14/h3-6,10-11H,1-2,7-9H2,(H,16,17,18). The number of nitrogens with zero attached hydrogens (tertiary/aromatic N) is 3. The van der Waals surface area contributed by atoms with Crippen LogP contribution in [0.4, 0.5) is 5.82 Å². The summed E-state index contributed by atoms with van der Waals surface area (Å²) in [7, 11) is 0. The van der Waals surface area contributed by atoms with Crippen LogP contribution in [0.2, 0.25) is 0 Å². The van der Waals surface area contributed by atoms with Gasteiger partial charge in [-0.25, -0.2) is 9.97 Å². The van der Waals surface area contributed by atoms with E-state index in [9.17, 15) is 0 Å². The van der Waals surface area contributed by atoms with Gasteiger partial charge in [-0.05, 0) is 53.5 Å². The topological polar surface area (TPSA) is 54.2 Å². The number of halogens is 1. The van der Waals surface area contributed by atoms with Gasteiger partial charge in [0, 0.05) is 18.8 Å². The molecule has 2 aromatic rings. The molecule has 1 fully saturated rings. The van der Waals surface area contributed by atoms with Crippen molar-refractivity contribution in [3.63, 3.8) is 0 Å². The van der Waals surface area contributed by atoms with Crippen molar-refractivity contribution < 1.29 is 4.42 Å². The third-order valence-electron chi connectivity index (χ3n) is 3.45. The Bertz CT molecular complexity index is 545. The van der Waals surface area contributed by atoms with E-state index in [0.717, 1.165) is 35.9 Å². The molecule has 3 rings (SSSR count). The van der Waals surface area contributed by atoms with E-state index in [-0.39, 0.29) is 0 Å². The molecule has 0 saturated carbocycles. The van der Waals surface area contributed by atoms with Crippen molar-refractivity contribution >= 4 is 21.7 Å². The smallest absolute Gasteiger partial charge is 0.169 e. The molecule has 1 aliphatic heterocycles. The summed E-state index contributed by atoms with van der Waals surface area (Å²) in [5.41, 5.74) is 0. The van der Waals surface area contributed by atoms with Crippen LogP contribution in [0.3, 0.4) is 0 Å². The van der Waals surface area contributed by atoms with Crippen LogP contribution in [0.5, 0.6) is 0 Å². The Labute approximate surface area is 126 Å². The maximum absolute atomic E-state index is 5.57. The molecule has 1 unspecified atom stereocenters. The number of hydrogen-bond donors (Lipinski definition) is 1. The second kappa shape index (κ2) is 6.37. The summed E-state index contributed by atoms with van der Waals surface area (Å²) < 4.78 is 6.37. The molecule has 1 saturated heterocycles. The van der Waals surface area contributed by atoms with Gasteiger partial charge in [-0.1, -0.05) is 0 Å². The molecule has 0 aromatic carbocycles. The second-order valence-electron chi connectivity index (χ2n) is 5.02. The van der Waals surface area contributed by atoms with Gasteiger partial charge >= 0.3 is 0 Å². The summed E-state index contributed by atoms with van der Waals surface area (Å²) in [6.07, 6.45) is 5.69. The predicted molar refractivity (Wildman–Crippen MR) is 80.4 cm³/mol. The summed E-state index contributed by atoms with van der Waals surface area (Å²) in [6.45, 7) is 2.97. The number of nitrogens with one attached hydrogen (secondary N) is 1. The minimum Gasteiger partial charge on any atom is -0.453 e. The van der Waals surface area contributed by atoms with E-state index in [1.54, 1.807) is 12.5 Å². The molecule has 20 heavy (non-hydrogen) atoms. The van der Waals surface area contributed by atoms with E-state index in [2.05, 4.69) is 36.1 Å². The van der Waals surface area contributed by atoms with Crippen LogP contribution in [0.25, 0.3) is 0 Å². The summed E-state index contributed by atoms with van der Waals surface area (Å²) >= 11 is 3.34. The molecule has 1 aliphatic rings. The second-order valence-corrected chi connectivity index (χ2v) is 5.80. The molecular formula is C14H17BrN4O. The van der Waals surface area contributed by atoms with E-state index < -0.39 is 0 Å². The maximum Gasteiger partial charge on any atom is 0.169 e. The van der Waals surface area contributed by atoms with Crippen LogP contribution < -0.4 is 5.32 Å². The summed E-state index contributed by atoms with van der Waals surface area (Å²) in [5, 5.41) is 3.47. The van der Waals surface area contributed by atoms with Crippen molar-refractivity contribution in [2.24, 2.45) is 0 Å². The van der Waals surface area contributed by atoms with Gasteiger partial charge in [0.05, 0.1) is 6.54 Å². The lowest BCUT2D eigenvalue weighted by Crippen LogP contribution is -2.41. The van der Waals surface area contributed by atoms with Crippen LogP contribution in [0.1, 0.15) is 18.6 Å².